The summed E-state index contributed by atoms with van der Waals surface area (Å²) < 4.78 is 1.76. The van der Waals surface area contributed by atoms with Crippen molar-refractivity contribution in [3.63, 3.8) is 0 Å². The molecule has 1 aromatic carbocycles. The van der Waals surface area contributed by atoms with E-state index in [1.54, 1.807) is 12.1 Å². The molecular formula is C12H7BrClIOS. The highest BCUT2D eigenvalue weighted by atomic mass is 127. The lowest BCUT2D eigenvalue weighted by Crippen LogP contribution is -2.02. The molecule has 2 aromatic rings. The van der Waals surface area contributed by atoms with Crippen molar-refractivity contribution >= 4 is 67.2 Å². The van der Waals surface area contributed by atoms with Crippen LogP contribution in [-0.2, 0) is 0 Å². The molecule has 17 heavy (non-hydrogen) atoms. The van der Waals surface area contributed by atoms with Crippen molar-refractivity contribution < 1.29 is 4.79 Å². The summed E-state index contributed by atoms with van der Waals surface area (Å²) in [5.74, 6) is 0.0156. The van der Waals surface area contributed by atoms with E-state index in [4.69, 9.17) is 11.6 Å². The molecule has 1 heterocycles. The summed E-state index contributed by atoms with van der Waals surface area (Å²) in [6, 6.07) is 7.31. The highest BCUT2D eigenvalue weighted by Crippen LogP contribution is 2.30. The van der Waals surface area contributed by atoms with Gasteiger partial charge in [0.25, 0.3) is 0 Å². The Labute approximate surface area is 130 Å². The zero-order chi connectivity index (χ0) is 12.6. The van der Waals surface area contributed by atoms with Gasteiger partial charge in [-0.15, -0.1) is 11.3 Å². The third-order valence-electron chi connectivity index (χ3n) is 2.19. The molecular weight excluding hydrogens is 434 g/mol. The molecule has 0 aliphatic carbocycles. The van der Waals surface area contributed by atoms with Gasteiger partial charge in [0, 0.05) is 23.5 Å². The van der Waals surface area contributed by atoms with E-state index in [0.29, 0.717) is 10.6 Å². The molecule has 0 radical (unpaired) electrons. The van der Waals surface area contributed by atoms with Crippen molar-refractivity contribution in [2.75, 3.05) is 0 Å². The van der Waals surface area contributed by atoms with Crippen molar-refractivity contribution in [1.82, 2.24) is 0 Å². The Morgan fingerprint density at radius 2 is 2.12 bits per heavy atom. The zero-order valence-electron chi connectivity index (χ0n) is 8.76. The van der Waals surface area contributed by atoms with E-state index >= 15 is 0 Å². The number of ketones is 1. The van der Waals surface area contributed by atoms with E-state index in [1.165, 1.54) is 11.3 Å². The normalized spacial score (nSPS) is 10.6. The number of rotatable bonds is 2. The average Bonchev–Trinajstić information content (AvgIpc) is 2.60. The maximum atomic E-state index is 12.4. The summed E-state index contributed by atoms with van der Waals surface area (Å²) >= 11 is 13.0. The van der Waals surface area contributed by atoms with Crippen molar-refractivity contribution in [2.45, 2.75) is 6.92 Å². The quantitative estimate of drug-likeness (QED) is 0.456. The molecule has 0 saturated heterocycles. The first-order chi connectivity index (χ1) is 7.99. The minimum atomic E-state index is 0.0156. The summed E-state index contributed by atoms with van der Waals surface area (Å²) in [6.45, 7) is 1.98. The fourth-order valence-electron chi connectivity index (χ4n) is 1.43. The van der Waals surface area contributed by atoms with Gasteiger partial charge in [-0.3, -0.25) is 4.79 Å². The lowest BCUT2D eigenvalue weighted by Gasteiger charge is -2.03. The Bertz CT molecular complexity index is 594. The van der Waals surface area contributed by atoms with Gasteiger partial charge in [0.1, 0.15) is 0 Å². The van der Waals surface area contributed by atoms with Crippen LogP contribution >= 0.6 is 61.5 Å². The van der Waals surface area contributed by atoms with E-state index in [9.17, 15) is 4.79 Å². The minimum Gasteiger partial charge on any atom is -0.288 e. The van der Waals surface area contributed by atoms with Gasteiger partial charge in [-0.2, -0.15) is 0 Å². The molecule has 0 bridgehead atoms. The number of hydrogen-bond acceptors (Lipinski definition) is 2. The van der Waals surface area contributed by atoms with E-state index in [2.05, 4.69) is 38.5 Å². The van der Waals surface area contributed by atoms with Crippen molar-refractivity contribution in [2.24, 2.45) is 0 Å². The molecule has 0 aliphatic rings. The SMILES string of the molecule is Cc1cc(Br)c(C(=O)c2cc(Cl)ccc2I)s1. The van der Waals surface area contributed by atoms with E-state index in [1.807, 2.05) is 19.1 Å². The molecule has 0 amide bonds. The van der Waals surface area contributed by atoms with Gasteiger partial charge in [-0.05, 0) is 69.7 Å². The van der Waals surface area contributed by atoms with E-state index < -0.39 is 0 Å². The number of benzene rings is 1. The smallest absolute Gasteiger partial charge is 0.205 e. The van der Waals surface area contributed by atoms with Crippen LogP contribution in [0.2, 0.25) is 5.02 Å². The van der Waals surface area contributed by atoms with Gasteiger partial charge in [-0.1, -0.05) is 11.6 Å². The molecule has 0 saturated carbocycles. The molecule has 0 atom stereocenters. The van der Waals surface area contributed by atoms with Gasteiger partial charge in [0.15, 0.2) is 0 Å². The fourth-order valence-corrected chi connectivity index (χ4v) is 3.96. The Morgan fingerprint density at radius 3 is 2.71 bits per heavy atom. The van der Waals surface area contributed by atoms with E-state index in [-0.39, 0.29) is 5.78 Å². The van der Waals surface area contributed by atoms with E-state index in [0.717, 1.165) is 17.8 Å². The first kappa shape index (κ1) is 13.5. The Hall–Kier alpha value is 0.0900. The molecule has 2 rings (SSSR count). The summed E-state index contributed by atoms with van der Waals surface area (Å²) in [5, 5.41) is 0.582. The first-order valence-electron chi connectivity index (χ1n) is 4.74. The Balaban J connectivity index is 2.50. The van der Waals surface area contributed by atoms with Crippen LogP contribution in [0.15, 0.2) is 28.7 Å². The van der Waals surface area contributed by atoms with Crippen molar-refractivity contribution in [3.8, 4) is 0 Å². The van der Waals surface area contributed by atoms with Crippen LogP contribution in [0.1, 0.15) is 20.1 Å². The second kappa shape index (κ2) is 5.38. The van der Waals surface area contributed by atoms with Gasteiger partial charge >= 0.3 is 0 Å². The molecule has 0 unspecified atom stereocenters. The lowest BCUT2D eigenvalue weighted by atomic mass is 10.1. The van der Waals surface area contributed by atoms with Crippen LogP contribution in [0, 0.1) is 10.5 Å². The summed E-state index contributed by atoms with van der Waals surface area (Å²) in [5.41, 5.74) is 0.653. The third kappa shape index (κ3) is 2.92. The molecule has 1 nitrogen and oxygen atoms in total. The zero-order valence-corrected chi connectivity index (χ0v) is 14.1. The molecule has 0 N–H and O–H groups in total. The number of thiophene rings is 1. The van der Waals surface area contributed by atoms with Crippen LogP contribution < -0.4 is 0 Å². The van der Waals surface area contributed by atoms with Gasteiger partial charge in [-0.25, -0.2) is 0 Å². The van der Waals surface area contributed by atoms with Crippen LogP contribution in [0.5, 0.6) is 0 Å². The van der Waals surface area contributed by atoms with Crippen LogP contribution in [0.3, 0.4) is 0 Å². The first-order valence-corrected chi connectivity index (χ1v) is 7.81. The molecule has 5 heteroatoms. The Kier molecular flexibility index (Phi) is 4.28. The van der Waals surface area contributed by atoms with Gasteiger partial charge in [0.2, 0.25) is 5.78 Å². The fraction of sp³-hybridized carbons (Fsp3) is 0.0833. The maximum Gasteiger partial charge on any atom is 0.205 e. The Morgan fingerprint density at radius 1 is 1.41 bits per heavy atom. The maximum absolute atomic E-state index is 12.4. The van der Waals surface area contributed by atoms with Gasteiger partial charge < -0.3 is 0 Å². The highest BCUT2D eigenvalue weighted by Gasteiger charge is 2.18. The van der Waals surface area contributed by atoms with Crippen molar-refractivity contribution in [3.05, 3.63) is 52.6 Å². The molecule has 0 spiro atoms. The summed E-state index contributed by atoms with van der Waals surface area (Å²) in [4.78, 5) is 14.2. The minimum absolute atomic E-state index is 0.0156. The molecule has 0 fully saturated rings. The van der Waals surface area contributed by atoms with Crippen LogP contribution in [0.4, 0.5) is 0 Å². The monoisotopic (exact) mass is 440 g/mol. The molecule has 88 valence electrons. The predicted molar refractivity (Wildman–Crippen MR) is 84.4 cm³/mol. The average molecular weight is 442 g/mol. The molecule has 0 aliphatic heterocycles. The van der Waals surface area contributed by atoms with Gasteiger partial charge in [0.05, 0.1) is 4.88 Å². The number of aryl methyl sites for hydroxylation is 1. The summed E-state index contributed by atoms with van der Waals surface area (Å²) in [7, 11) is 0. The largest absolute Gasteiger partial charge is 0.288 e. The topological polar surface area (TPSA) is 17.1 Å². The van der Waals surface area contributed by atoms with Crippen molar-refractivity contribution in [1.29, 1.82) is 0 Å². The lowest BCUT2D eigenvalue weighted by molar-refractivity contribution is 0.104. The number of hydrogen-bond donors (Lipinski definition) is 0. The second-order valence-corrected chi connectivity index (χ2v) is 7.20. The van der Waals surface area contributed by atoms with Crippen LogP contribution in [-0.4, -0.2) is 5.78 Å². The highest BCUT2D eigenvalue weighted by molar-refractivity contribution is 14.1. The number of carbonyl (C=O) groups excluding carboxylic acids is 1. The number of halogens is 3. The standard InChI is InChI=1S/C12H7BrClIOS/c1-6-4-9(13)12(17-6)11(16)8-5-7(14)2-3-10(8)15/h2-5H,1H3. The molecule has 1 aromatic heterocycles. The van der Waals surface area contributed by atoms with Crippen LogP contribution in [0.25, 0.3) is 0 Å². The predicted octanol–water partition coefficient (Wildman–Crippen LogP) is 5.31. The number of carbonyl (C=O) groups is 1. The summed E-state index contributed by atoms with van der Waals surface area (Å²) in [6.07, 6.45) is 0. The third-order valence-corrected chi connectivity index (χ3v) is 5.30. The second-order valence-electron chi connectivity index (χ2n) is 3.49.